The van der Waals surface area contributed by atoms with Crippen molar-refractivity contribution in [2.24, 2.45) is 4.40 Å². The minimum absolute atomic E-state index is 0. The van der Waals surface area contributed by atoms with Crippen LogP contribution in [-0.4, -0.2) is 12.4 Å². The number of benzene rings is 1. The molecule has 78 valence electrons. The van der Waals surface area contributed by atoms with Crippen molar-refractivity contribution >= 4 is 40.8 Å². The number of hydrogen-bond donors (Lipinski definition) is 2. The zero-order valence-corrected chi connectivity index (χ0v) is 10.3. The summed E-state index contributed by atoms with van der Waals surface area (Å²) in [5.74, 6) is 0. The molecule has 0 aliphatic heterocycles. The Balaban J connectivity index is 0.00000169. The first-order valence-electron chi connectivity index (χ1n) is 3.48. The second kappa shape index (κ2) is 7.07. The maximum Gasteiger partial charge on any atom is 0.0433 e. The summed E-state index contributed by atoms with van der Waals surface area (Å²) in [7, 11) is 1.07. The Bertz CT molecular complexity index is 341. The second-order valence-electron chi connectivity index (χ2n) is 2.31. The molecule has 0 radical (unpaired) electrons. The normalized spacial score (nSPS) is 9.79. The van der Waals surface area contributed by atoms with E-state index in [2.05, 4.69) is 16.1 Å². The van der Waals surface area contributed by atoms with E-state index < -0.39 is 0 Å². The Morgan fingerprint density at radius 3 is 2.71 bits per heavy atom. The van der Waals surface area contributed by atoms with Crippen LogP contribution in [0.5, 0.6) is 0 Å². The number of rotatable bonds is 3. The van der Waals surface area contributed by atoms with Crippen molar-refractivity contribution in [2.75, 3.05) is 0 Å². The summed E-state index contributed by atoms with van der Waals surface area (Å²) in [5, 5.41) is 7.00. The van der Waals surface area contributed by atoms with Crippen LogP contribution in [0.1, 0.15) is 11.1 Å². The number of thiol groups is 1. The van der Waals surface area contributed by atoms with Gasteiger partial charge < -0.3 is 11.1 Å². The van der Waals surface area contributed by atoms with E-state index in [9.17, 15) is 0 Å². The fraction of sp³-hybridized carbons (Fsp3) is 0. The Hall–Kier alpha value is -0.278. The molecule has 14 heavy (non-hydrogen) atoms. The quantitative estimate of drug-likeness (QED) is 0.290. The van der Waals surface area contributed by atoms with Gasteiger partial charge in [-0.05, 0) is 11.1 Å². The van der Waals surface area contributed by atoms with E-state index in [4.69, 9.17) is 11.1 Å². The molecule has 0 unspecified atom stereocenters. The van der Waals surface area contributed by atoms with Crippen molar-refractivity contribution in [1.82, 2.24) is 0 Å². The molecule has 0 fully saturated rings. The van der Waals surface area contributed by atoms with E-state index in [-0.39, 0.29) is 20.4 Å². The van der Waals surface area contributed by atoms with Crippen LogP contribution < -0.4 is 0 Å². The average molecular weight is 317 g/mol. The van der Waals surface area contributed by atoms with Crippen LogP contribution >= 0.6 is 22.6 Å². The van der Waals surface area contributed by atoms with Gasteiger partial charge in [-0.3, -0.25) is 0 Å². The zero-order valence-electron chi connectivity index (χ0n) is 7.01. The average Bonchev–Trinajstić information content (AvgIpc) is 2.15. The van der Waals surface area contributed by atoms with Crippen molar-refractivity contribution in [3.63, 3.8) is 0 Å². The Morgan fingerprint density at radius 1 is 1.50 bits per heavy atom. The molecule has 1 aromatic carbocycles. The van der Waals surface area contributed by atoms with E-state index in [1.54, 1.807) is 18.3 Å². The van der Waals surface area contributed by atoms with Gasteiger partial charge in [-0.2, -0.15) is 0 Å². The summed E-state index contributed by atoms with van der Waals surface area (Å²) in [5.41, 5.74) is 9.30. The molecule has 3 nitrogen and oxygen atoms in total. The van der Waals surface area contributed by atoms with Crippen LogP contribution in [0.25, 0.3) is 5.73 Å². The predicted octanol–water partition coefficient (Wildman–Crippen LogP) is 3.28. The third-order valence-electron chi connectivity index (χ3n) is 1.48. The molecule has 0 saturated heterocycles. The van der Waals surface area contributed by atoms with Gasteiger partial charge in [0.15, 0.2) is 0 Å². The molecular weight excluding hydrogens is 309 g/mol. The molecular formula is C8H8N3PdS2-. The van der Waals surface area contributed by atoms with Gasteiger partial charge in [0.1, 0.15) is 0 Å². The summed E-state index contributed by atoms with van der Waals surface area (Å²) < 4.78 is 3.85. The third-order valence-corrected chi connectivity index (χ3v) is 1.96. The van der Waals surface area contributed by atoms with Crippen LogP contribution in [0.2, 0.25) is 0 Å². The zero-order chi connectivity index (χ0) is 9.68. The molecule has 0 heterocycles. The van der Waals surface area contributed by atoms with E-state index in [0.717, 1.165) is 22.8 Å². The van der Waals surface area contributed by atoms with Gasteiger partial charge in [-0.15, -0.1) is 5.69 Å². The maximum atomic E-state index is 7.51. The molecule has 0 spiro atoms. The van der Waals surface area contributed by atoms with Crippen LogP contribution in [0.3, 0.4) is 0 Å². The van der Waals surface area contributed by atoms with Crippen LogP contribution in [0.15, 0.2) is 22.6 Å². The van der Waals surface area contributed by atoms with Crippen molar-refractivity contribution in [1.29, 1.82) is 5.41 Å². The van der Waals surface area contributed by atoms with Gasteiger partial charge in [-0.1, -0.05) is 29.9 Å². The monoisotopic (exact) mass is 316 g/mol. The van der Waals surface area contributed by atoms with E-state index in [1.807, 2.05) is 6.07 Å². The van der Waals surface area contributed by atoms with Crippen molar-refractivity contribution < 1.29 is 20.4 Å². The third kappa shape index (κ3) is 3.84. The fourth-order valence-electron chi connectivity index (χ4n) is 0.864. The standard InChI is InChI=1S/C8H8N3S2.Pd/c9-4-7-2-1-6(3-8(7)10)5-11-13-12;/h1-5,9-10,12H;/q-1;/b9-4?,11-5+;. The van der Waals surface area contributed by atoms with Gasteiger partial charge in [0.2, 0.25) is 0 Å². The smallest absolute Gasteiger partial charge is 0.0433 e. The Labute approximate surface area is 106 Å². The molecule has 2 N–H and O–H groups in total. The summed E-state index contributed by atoms with van der Waals surface area (Å²) in [6.07, 6.45) is 2.79. The van der Waals surface area contributed by atoms with Crippen LogP contribution in [0.4, 0.5) is 5.69 Å². The molecule has 0 aliphatic rings. The molecule has 0 atom stereocenters. The van der Waals surface area contributed by atoms with Crippen molar-refractivity contribution in [2.45, 2.75) is 0 Å². The molecule has 1 rings (SSSR count). The van der Waals surface area contributed by atoms with Gasteiger partial charge in [0, 0.05) is 43.8 Å². The SMILES string of the molecule is N=Cc1ccc(/C=N/SS)cc1[NH-].[Pd]. The first kappa shape index (κ1) is 13.7. The van der Waals surface area contributed by atoms with Crippen LogP contribution in [-0.2, 0) is 20.4 Å². The predicted molar refractivity (Wildman–Crippen MR) is 62.5 cm³/mol. The first-order chi connectivity index (χ1) is 6.27. The molecule has 0 aromatic heterocycles. The molecule has 6 heteroatoms. The summed E-state index contributed by atoms with van der Waals surface area (Å²) in [4.78, 5) is 0. The van der Waals surface area contributed by atoms with Gasteiger partial charge in [-0.25, -0.2) is 4.40 Å². The first-order valence-corrected chi connectivity index (χ1v) is 5.30. The minimum Gasteiger partial charge on any atom is -0.698 e. The van der Waals surface area contributed by atoms with E-state index in [0.29, 0.717) is 11.3 Å². The van der Waals surface area contributed by atoms with Crippen molar-refractivity contribution in [3.05, 3.63) is 35.1 Å². The second-order valence-corrected chi connectivity index (χ2v) is 3.17. The Kier molecular flexibility index (Phi) is 6.93. The summed E-state index contributed by atoms with van der Waals surface area (Å²) in [6.45, 7) is 0. The van der Waals surface area contributed by atoms with Crippen LogP contribution in [0, 0.1) is 5.41 Å². The topological polar surface area (TPSA) is 60.0 Å². The summed E-state index contributed by atoms with van der Waals surface area (Å²) in [6, 6.07) is 5.19. The molecule has 0 amide bonds. The van der Waals surface area contributed by atoms with Crippen molar-refractivity contribution in [3.8, 4) is 0 Å². The number of hydrogen-bond acceptors (Lipinski definition) is 4. The van der Waals surface area contributed by atoms with Gasteiger partial charge in [0.05, 0.1) is 0 Å². The van der Waals surface area contributed by atoms with E-state index >= 15 is 0 Å². The maximum absolute atomic E-state index is 7.51. The molecule has 0 bridgehead atoms. The molecule has 1 aromatic rings. The minimum atomic E-state index is 0. The molecule has 0 aliphatic carbocycles. The van der Waals surface area contributed by atoms with Gasteiger partial charge in [0.25, 0.3) is 0 Å². The largest absolute Gasteiger partial charge is 0.698 e. The number of nitrogens with one attached hydrogen (secondary N) is 2. The number of nitrogens with zero attached hydrogens (tertiary/aromatic N) is 1. The summed E-state index contributed by atoms with van der Waals surface area (Å²) >= 11 is 3.85. The Morgan fingerprint density at radius 2 is 2.21 bits per heavy atom. The molecule has 0 saturated carbocycles. The van der Waals surface area contributed by atoms with Gasteiger partial charge >= 0.3 is 0 Å². The van der Waals surface area contributed by atoms with E-state index in [1.165, 1.54) is 0 Å². The fourth-order valence-corrected chi connectivity index (χ4v) is 1.17.